The summed E-state index contributed by atoms with van der Waals surface area (Å²) in [5, 5.41) is 17.8. The maximum Gasteiger partial charge on any atom is 0.151 e. The third-order valence-corrected chi connectivity index (χ3v) is 3.26. The normalized spacial score (nSPS) is 13.9. The van der Waals surface area contributed by atoms with E-state index in [1.54, 1.807) is 0 Å². The first-order valence-electron chi connectivity index (χ1n) is 6.00. The predicted octanol–water partition coefficient (Wildman–Crippen LogP) is 2.93. The Hall–Kier alpha value is -0.0800. The highest BCUT2D eigenvalue weighted by atomic mass is 16.5. The van der Waals surface area contributed by atoms with Crippen LogP contribution < -0.4 is 0 Å². The zero-order chi connectivity index (χ0) is 11.0. The molecule has 0 heterocycles. The highest BCUT2D eigenvalue weighted by Crippen LogP contribution is 2.23. The summed E-state index contributed by atoms with van der Waals surface area (Å²) in [6, 6.07) is 0. The first kappa shape index (κ1) is 13.9. The molecule has 0 amide bonds. The van der Waals surface area contributed by atoms with Gasteiger partial charge >= 0.3 is 0 Å². The molecule has 2 N–H and O–H groups in total. The molecular weight excluding hydrogens is 176 g/mol. The minimum Gasteiger partial charge on any atom is -0.368 e. The number of hydrogen-bond acceptors (Lipinski definition) is 2. The molecule has 0 saturated heterocycles. The smallest absolute Gasteiger partial charge is 0.151 e. The van der Waals surface area contributed by atoms with Gasteiger partial charge < -0.3 is 10.2 Å². The molecule has 0 aliphatic heterocycles. The lowest BCUT2D eigenvalue weighted by atomic mass is 9.89. The second-order valence-electron chi connectivity index (χ2n) is 4.25. The molecule has 14 heavy (non-hydrogen) atoms. The topological polar surface area (TPSA) is 40.5 Å². The minimum atomic E-state index is -1.12. The SMILES string of the molecule is CCC(CC)CCC(CC)CC(O)O. The van der Waals surface area contributed by atoms with Gasteiger partial charge in [0.05, 0.1) is 0 Å². The second-order valence-corrected chi connectivity index (χ2v) is 4.25. The van der Waals surface area contributed by atoms with Crippen molar-refractivity contribution in [2.24, 2.45) is 11.8 Å². The van der Waals surface area contributed by atoms with Gasteiger partial charge in [-0.2, -0.15) is 0 Å². The molecule has 0 aromatic rings. The van der Waals surface area contributed by atoms with Crippen molar-refractivity contribution < 1.29 is 10.2 Å². The monoisotopic (exact) mass is 202 g/mol. The average Bonchev–Trinajstić information content (AvgIpc) is 2.17. The fourth-order valence-corrected chi connectivity index (χ4v) is 1.96. The number of aliphatic hydroxyl groups excluding tert-OH is 1. The molecule has 86 valence electrons. The van der Waals surface area contributed by atoms with Crippen LogP contribution in [-0.4, -0.2) is 16.5 Å². The highest BCUT2D eigenvalue weighted by molar-refractivity contribution is 4.62. The van der Waals surface area contributed by atoms with E-state index < -0.39 is 6.29 Å². The Labute approximate surface area is 88.3 Å². The Kier molecular flexibility index (Phi) is 8.20. The van der Waals surface area contributed by atoms with E-state index in [1.165, 1.54) is 19.3 Å². The lowest BCUT2D eigenvalue weighted by Crippen LogP contribution is -2.13. The maximum absolute atomic E-state index is 8.89. The van der Waals surface area contributed by atoms with Crippen LogP contribution >= 0.6 is 0 Å². The average molecular weight is 202 g/mol. The fraction of sp³-hybridized carbons (Fsp3) is 1.00. The van der Waals surface area contributed by atoms with Crippen molar-refractivity contribution in [1.29, 1.82) is 0 Å². The lowest BCUT2D eigenvalue weighted by molar-refractivity contribution is -0.0573. The predicted molar refractivity (Wildman–Crippen MR) is 59.9 cm³/mol. The largest absolute Gasteiger partial charge is 0.368 e. The molecule has 2 heteroatoms. The maximum atomic E-state index is 8.89. The zero-order valence-corrected chi connectivity index (χ0v) is 9.87. The minimum absolute atomic E-state index is 0.482. The van der Waals surface area contributed by atoms with E-state index in [0.29, 0.717) is 12.3 Å². The van der Waals surface area contributed by atoms with E-state index in [2.05, 4.69) is 20.8 Å². The van der Waals surface area contributed by atoms with Gasteiger partial charge in [-0.15, -0.1) is 0 Å². The van der Waals surface area contributed by atoms with Gasteiger partial charge in [-0.25, -0.2) is 0 Å². The molecule has 0 rings (SSSR count). The van der Waals surface area contributed by atoms with Crippen molar-refractivity contribution >= 4 is 0 Å². The Bertz CT molecular complexity index is 119. The van der Waals surface area contributed by atoms with Crippen LogP contribution in [0.15, 0.2) is 0 Å². The Morgan fingerprint density at radius 1 is 0.786 bits per heavy atom. The fourth-order valence-electron chi connectivity index (χ4n) is 1.96. The summed E-state index contributed by atoms with van der Waals surface area (Å²) < 4.78 is 0. The van der Waals surface area contributed by atoms with E-state index in [9.17, 15) is 0 Å². The van der Waals surface area contributed by atoms with Gasteiger partial charge in [0.2, 0.25) is 0 Å². The van der Waals surface area contributed by atoms with Gasteiger partial charge in [0.1, 0.15) is 0 Å². The molecule has 0 fully saturated rings. The van der Waals surface area contributed by atoms with Crippen molar-refractivity contribution in [2.45, 2.75) is 65.6 Å². The van der Waals surface area contributed by atoms with Crippen LogP contribution in [0, 0.1) is 11.8 Å². The summed E-state index contributed by atoms with van der Waals surface area (Å²) in [5.41, 5.74) is 0. The van der Waals surface area contributed by atoms with Crippen molar-refractivity contribution in [1.82, 2.24) is 0 Å². The second kappa shape index (κ2) is 8.25. The summed E-state index contributed by atoms with van der Waals surface area (Å²) in [4.78, 5) is 0. The van der Waals surface area contributed by atoms with Crippen LogP contribution in [0.1, 0.15) is 59.3 Å². The lowest BCUT2D eigenvalue weighted by Gasteiger charge is -2.19. The van der Waals surface area contributed by atoms with Crippen LogP contribution in [0.5, 0.6) is 0 Å². The molecular formula is C12H26O2. The van der Waals surface area contributed by atoms with Crippen molar-refractivity contribution in [2.75, 3.05) is 0 Å². The Morgan fingerprint density at radius 3 is 1.57 bits per heavy atom. The first-order chi connectivity index (χ1) is 6.63. The van der Waals surface area contributed by atoms with Gasteiger partial charge in [0, 0.05) is 6.42 Å². The summed E-state index contributed by atoms with van der Waals surface area (Å²) in [6.45, 7) is 6.59. The molecule has 0 aromatic carbocycles. The molecule has 1 atom stereocenters. The number of aliphatic hydroxyl groups is 2. The van der Waals surface area contributed by atoms with E-state index in [-0.39, 0.29) is 0 Å². The first-order valence-corrected chi connectivity index (χ1v) is 6.00. The Morgan fingerprint density at radius 2 is 1.21 bits per heavy atom. The highest BCUT2D eigenvalue weighted by Gasteiger charge is 2.12. The van der Waals surface area contributed by atoms with Crippen LogP contribution in [0.2, 0.25) is 0 Å². The number of rotatable bonds is 8. The van der Waals surface area contributed by atoms with E-state index >= 15 is 0 Å². The molecule has 0 aliphatic carbocycles. The van der Waals surface area contributed by atoms with Crippen molar-refractivity contribution in [3.63, 3.8) is 0 Å². The van der Waals surface area contributed by atoms with Gasteiger partial charge in [-0.05, 0) is 11.8 Å². The molecule has 1 unspecified atom stereocenters. The van der Waals surface area contributed by atoms with Crippen LogP contribution in [-0.2, 0) is 0 Å². The summed E-state index contributed by atoms with van der Waals surface area (Å²) in [6.07, 6.45) is 5.33. The number of hydrogen-bond donors (Lipinski definition) is 2. The quantitative estimate of drug-likeness (QED) is 0.594. The molecule has 2 nitrogen and oxygen atoms in total. The summed E-state index contributed by atoms with van der Waals surface area (Å²) in [7, 11) is 0. The Balaban J connectivity index is 3.70. The molecule has 0 aromatic heterocycles. The van der Waals surface area contributed by atoms with E-state index in [4.69, 9.17) is 10.2 Å². The van der Waals surface area contributed by atoms with Crippen molar-refractivity contribution in [3.8, 4) is 0 Å². The van der Waals surface area contributed by atoms with Gasteiger partial charge in [0.15, 0.2) is 6.29 Å². The van der Waals surface area contributed by atoms with Crippen molar-refractivity contribution in [3.05, 3.63) is 0 Å². The van der Waals surface area contributed by atoms with Crippen LogP contribution in [0.3, 0.4) is 0 Å². The van der Waals surface area contributed by atoms with Gasteiger partial charge in [0.25, 0.3) is 0 Å². The molecule has 0 radical (unpaired) electrons. The van der Waals surface area contributed by atoms with Gasteiger partial charge in [-0.3, -0.25) is 0 Å². The molecule has 0 aliphatic rings. The molecule has 0 bridgehead atoms. The standard InChI is InChI=1S/C12H26O2/c1-4-10(5-2)7-8-11(6-3)9-12(13)14/h10-14H,4-9H2,1-3H3. The third-order valence-electron chi connectivity index (χ3n) is 3.26. The van der Waals surface area contributed by atoms with E-state index in [0.717, 1.165) is 18.8 Å². The summed E-state index contributed by atoms with van der Waals surface area (Å²) in [5.74, 6) is 1.30. The van der Waals surface area contributed by atoms with Crippen LogP contribution in [0.4, 0.5) is 0 Å². The third kappa shape index (κ3) is 6.39. The molecule has 0 saturated carbocycles. The van der Waals surface area contributed by atoms with E-state index in [1.807, 2.05) is 0 Å². The molecule has 0 spiro atoms. The van der Waals surface area contributed by atoms with Gasteiger partial charge in [-0.1, -0.05) is 52.9 Å². The van der Waals surface area contributed by atoms with Crippen LogP contribution in [0.25, 0.3) is 0 Å². The summed E-state index contributed by atoms with van der Waals surface area (Å²) >= 11 is 0. The zero-order valence-electron chi connectivity index (χ0n) is 9.87.